The van der Waals surface area contributed by atoms with Crippen LogP contribution in [0.3, 0.4) is 0 Å². The molecule has 3 amide bonds. The minimum atomic E-state index is -5.08. The minimum absolute atomic E-state index is 0.0286. The van der Waals surface area contributed by atoms with Gasteiger partial charge in [-0.1, -0.05) is 36.0 Å². The Kier molecular flexibility index (Phi) is 16.0. The van der Waals surface area contributed by atoms with E-state index in [2.05, 4.69) is 10.6 Å². The van der Waals surface area contributed by atoms with Gasteiger partial charge in [-0.25, -0.2) is 9.59 Å². The predicted octanol–water partition coefficient (Wildman–Crippen LogP) is 1.94. The van der Waals surface area contributed by atoms with Crippen LogP contribution >= 0.6 is 11.8 Å². The van der Waals surface area contributed by atoms with E-state index >= 15 is 0 Å². The highest BCUT2D eigenvalue weighted by Crippen LogP contribution is 2.41. The lowest BCUT2D eigenvalue weighted by Crippen LogP contribution is -2.45. The molecule has 1 aliphatic heterocycles. The number of ether oxygens (including phenoxy) is 2. The van der Waals surface area contributed by atoms with Gasteiger partial charge in [0, 0.05) is 19.8 Å². The van der Waals surface area contributed by atoms with Crippen molar-refractivity contribution in [2.45, 2.75) is 13.1 Å². The van der Waals surface area contributed by atoms with Crippen LogP contribution < -0.4 is 21.1 Å². The molecular formula is C32H36F3N5O10S. The Morgan fingerprint density at radius 3 is 2.20 bits per heavy atom. The number of anilines is 1. The number of ketones is 1. The topological polar surface area (TPSA) is 218 Å². The molecule has 0 aromatic heterocycles. The van der Waals surface area contributed by atoms with Gasteiger partial charge in [-0.3, -0.25) is 19.2 Å². The molecule has 3 rings (SSSR count). The Balaban J connectivity index is 0.00000116. The number of nitrogens with one attached hydrogen (secondary N) is 2. The fourth-order valence-corrected chi connectivity index (χ4v) is 4.89. The monoisotopic (exact) mass is 739 g/mol. The molecule has 1 aliphatic rings. The van der Waals surface area contributed by atoms with Crippen LogP contribution in [-0.2, 0) is 33.5 Å². The van der Waals surface area contributed by atoms with Gasteiger partial charge in [0.1, 0.15) is 12.2 Å². The first kappa shape index (κ1) is 41.6. The van der Waals surface area contributed by atoms with Gasteiger partial charge in [-0.05, 0) is 42.8 Å². The third-order valence-corrected chi connectivity index (χ3v) is 7.42. The summed E-state index contributed by atoms with van der Waals surface area (Å²) < 4.78 is 42.4. The van der Waals surface area contributed by atoms with Crippen LogP contribution in [0.1, 0.15) is 12.5 Å². The number of rotatable bonds is 14. The van der Waals surface area contributed by atoms with Crippen LogP contribution in [0.5, 0.6) is 11.5 Å². The number of para-hydroxylation sites is 1. The second kappa shape index (κ2) is 19.6. The maximum absolute atomic E-state index is 13.1. The molecule has 0 radical (unpaired) electrons. The van der Waals surface area contributed by atoms with E-state index < -0.39 is 41.6 Å². The molecule has 0 saturated carbocycles. The number of likely N-dealkylation sites (N-methyl/N-ethyl adjacent to an activating group) is 2. The van der Waals surface area contributed by atoms with Crippen molar-refractivity contribution in [2.75, 3.05) is 58.8 Å². The number of benzene rings is 2. The highest BCUT2D eigenvalue weighted by Gasteiger charge is 2.38. The number of allylic oxidation sites excluding steroid dienone is 1. The van der Waals surface area contributed by atoms with Crippen LogP contribution in [0.25, 0.3) is 6.08 Å². The van der Waals surface area contributed by atoms with Crippen molar-refractivity contribution in [3.8, 4) is 11.5 Å². The standard InChI is InChI=1S/C30H35N5O8S.C2HF3O2/c1-4-42-30(41)27-28(40)23(44-29(27)33-20-8-6-5-7-9-20)15-19-10-11-22(21(36)14-19)43-13-12-32-24(37)17-34(2)26(39)18-35(3)25(38)16-31;3-2(4,5)1(6)7/h5-11,14-15,33,36H,4,12-13,16-18,31H2,1-3H3,(H,32,37);(H,6,7)/b23-15-;. The van der Waals surface area contributed by atoms with E-state index in [0.717, 1.165) is 11.8 Å². The van der Waals surface area contributed by atoms with Crippen LogP contribution in [0.4, 0.5) is 18.9 Å². The number of aromatic hydroxyl groups is 1. The summed E-state index contributed by atoms with van der Waals surface area (Å²) in [6.45, 7) is 1.27. The molecule has 276 valence electrons. The summed E-state index contributed by atoms with van der Waals surface area (Å²) in [5, 5.41) is 23.7. The lowest BCUT2D eigenvalue weighted by Gasteiger charge is -2.21. The predicted molar refractivity (Wildman–Crippen MR) is 179 cm³/mol. The van der Waals surface area contributed by atoms with Gasteiger partial charge in [-0.15, -0.1) is 0 Å². The summed E-state index contributed by atoms with van der Waals surface area (Å²) in [7, 11) is 2.89. The first-order chi connectivity index (χ1) is 24.0. The fourth-order valence-electron chi connectivity index (χ4n) is 3.83. The maximum atomic E-state index is 13.1. The van der Waals surface area contributed by atoms with Gasteiger partial charge in [-0.2, -0.15) is 13.2 Å². The molecule has 6 N–H and O–H groups in total. The maximum Gasteiger partial charge on any atom is 0.490 e. The third kappa shape index (κ3) is 13.3. The van der Waals surface area contributed by atoms with Gasteiger partial charge in [0.25, 0.3) is 0 Å². The van der Waals surface area contributed by atoms with Gasteiger partial charge in [0.2, 0.25) is 23.5 Å². The molecule has 0 atom stereocenters. The number of thioether (sulfide) groups is 1. The van der Waals surface area contributed by atoms with Gasteiger partial charge in [0.05, 0.1) is 42.7 Å². The summed E-state index contributed by atoms with van der Waals surface area (Å²) in [6, 6.07) is 13.7. The van der Waals surface area contributed by atoms with Gasteiger partial charge < -0.3 is 45.9 Å². The largest absolute Gasteiger partial charge is 0.504 e. The van der Waals surface area contributed by atoms with Crippen molar-refractivity contribution >= 4 is 59.0 Å². The molecule has 2 aromatic carbocycles. The number of phenols is 1. The number of carbonyl (C=O) groups excluding carboxylic acids is 5. The zero-order valence-corrected chi connectivity index (χ0v) is 28.4. The van der Waals surface area contributed by atoms with Gasteiger partial charge >= 0.3 is 18.1 Å². The van der Waals surface area contributed by atoms with E-state index in [-0.39, 0.29) is 61.4 Å². The van der Waals surface area contributed by atoms with Crippen LogP contribution in [0, 0.1) is 0 Å². The normalized spacial score (nSPS) is 13.2. The van der Waals surface area contributed by atoms with Crippen molar-refractivity contribution in [1.82, 2.24) is 15.1 Å². The zero-order valence-electron chi connectivity index (χ0n) is 27.6. The summed E-state index contributed by atoms with van der Waals surface area (Å²) in [6.07, 6.45) is -3.53. The van der Waals surface area contributed by atoms with E-state index in [4.69, 9.17) is 25.1 Å². The number of amides is 3. The molecule has 1 heterocycles. The Hall–Kier alpha value is -5.56. The molecule has 51 heavy (non-hydrogen) atoms. The number of carboxylic acid groups (broad SMARTS) is 1. The number of aliphatic carboxylic acids is 1. The molecule has 0 unspecified atom stereocenters. The minimum Gasteiger partial charge on any atom is -0.504 e. The number of nitrogens with zero attached hydrogens (tertiary/aromatic N) is 2. The summed E-state index contributed by atoms with van der Waals surface area (Å²) >= 11 is 1.09. The smallest absolute Gasteiger partial charge is 0.490 e. The molecular weight excluding hydrogens is 703 g/mol. The highest BCUT2D eigenvalue weighted by atomic mass is 32.2. The fraction of sp³-hybridized carbons (Fsp3) is 0.312. The average Bonchev–Trinajstić information content (AvgIpc) is 3.37. The van der Waals surface area contributed by atoms with Crippen molar-refractivity contribution in [3.63, 3.8) is 0 Å². The number of Topliss-reactive ketones (excluding diaryl/α,β-unsaturated/α-hetero) is 1. The molecule has 19 heteroatoms. The number of carboxylic acids is 1. The van der Waals surface area contributed by atoms with E-state index in [1.807, 2.05) is 18.2 Å². The van der Waals surface area contributed by atoms with Crippen LogP contribution in [-0.4, -0.2) is 115 Å². The Morgan fingerprint density at radius 2 is 1.63 bits per heavy atom. The van der Waals surface area contributed by atoms with Gasteiger partial charge in [0.15, 0.2) is 11.5 Å². The number of nitrogens with two attached hydrogens (primary N) is 1. The zero-order chi connectivity index (χ0) is 38.3. The first-order valence-corrected chi connectivity index (χ1v) is 15.7. The molecule has 0 spiro atoms. The lowest BCUT2D eigenvalue weighted by molar-refractivity contribution is -0.192. The Bertz CT molecular complexity index is 1670. The molecule has 0 saturated heterocycles. The number of carbonyl (C=O) groups is 6. The van der Waals surface area contributed by atoms with E-state index in [1.54, 1.807) is 31.2 Å². The summed E-state index contributed by atoms with van der Waals surface area (Å²) in [4.78, 5) is 73.2. The Morgan fingerprint density at radius 1 is 1.00 bits per heavy atom. The van der Waals surface area contributed by atoms with E-state index in [0.29, 0.717) is 16.3 Å². The molecule has 2 aromatic rings. The Labute approximate surface area is 294 Å². The number of halogens is 3. The first-order valence-electron chi connectivity index (χ1n) is 14.9. The molecule has 0 aliphatic carbocycles. The molecule has 0 bridgehead atoms. The average molecular weight is 740 g/mol. The van der Waals surface area contributed by atoms with Crippen molar-refractivity contribution in [3.05, 3.63) is 69.6 Å². The second-order valence-electron chi connectivity index (χ2n) is 10.3. The van der Waals surface area contributed by atoms with Crippen molar-refractivity contribution in [1.29, 1.82) is 0 Å². The quantitative estimate of drug-likeness (QED) is 0.0811. The van der Waals surface area contributed by atoms with E-state index in [1.165, 1.54) is 36.0 Å². The van der Waals surface area contributed by atoms with Crippen LogP contribution in [0.2, 0.25) is 0 Å². The second-order valence-corrected chi connectivity index (χ2v) is 11.3. The number of hydrogen-bond acceptors (Lipinski definition) is 12. The van der Waals surface area contributed by atoms with Crippen molar-refractivity contribution in [2.24, 2.45) is 5.73 Å². The van der Waals surface area contributed by atoms with Crippen molar-refractivity contribution < 1.29 is 61.6 Å². The number of phenolic OH excluding ortho intramolecular Hbond substituents is 1. The molecule has 0 fully saturated rings. The number of alkyl halides is 3. The number of esters is 1. The lowest BCUT2D eigenvalue weighted by atomic mass is 10.1. The highest BCUT2D eigenvalue weighted by molar-refractivity contribution is 8.08. The van der Waals surface area contributed by atoms with Crippen LogP contribution in [0.15, 0.2) is 64.0 Å². The SMILES string of the molecule is CCOC(=O)C1=C(Nc2ccccc2)S/C(=C\c2ccc(OCCNC(=O)CN(C)C(=O)CN(C)C(=O)CN)c(O)c2)C1=O.O=C(O)C(F)(F)F. The summed E-state index contributed by atoms with van der Waals surface area (Å²) in [5.41, 5.74) is 6.38. The van der Waals surface area contributed by atoms with E-state index in [9.17, 15) is 42.3 Å². The number of hydrogen-bond donors (Lipinski definition) is 5. The molecule has 15 nitrogen and oxygen atoms in total. The third-order valence-electron chi connectivity index (χ3n) is 6.39. The summed E-state index contributed by atoms with van der Waals surface area (Å²) in [5.74, 6) is -5.26.